The van der Waals surface area contributed by atoms with Crippen LogP contribution in [0.5, 0.6) is 0 Å². The van der Waals surface area contributed by atoms with E-state index < -0.39 is 15.8 Å². The van der Waals surface area contributed by atoms with Gasteiger partial charge in [0.05, 0.1) is 10.4 Å². The Kier molecular flexibility index (Phi) is 6.00. The van der Waals surface area contributed by atoms with Gasteiger partial charge in [-0.15, -0.1) is 0 Å². The lowest BCUT2D eigenvalue weighted by Gasteiger charge is -2.23. The molecule has 0 bridgehead atoms. The second-order valence-electron chi connectivity index (χ2n) is 8.24. The minimum Gasteiger partial charge on any atom is -0.408 e. The molecule has 0 spiro atoms. The highest BCUT2D eigenvalue weighted by atomic mass is 32.2. The summed E-state index contributed by atoms with van der Waals surface area (Å²) in [5.41, 5.74) is 2.96. The summed E-state index contributed by atoms with van der Waals surface area (Å²) in [5.74, 6) is 0.0939. The minimum atomic E-state index is -3.80. The largest absolute Gasteiger partial charge is 0.419 e. The Morgan fingerprint density at radius 2 is 1.69 bits per heavy atom. The SMILES string of the molecule is CC(C)Cc1ccc(C(NS(=O)(=O)c2ccc3c(c2)oc(=O)n3C)C(C)C)cc1. The van der Waals surface area contributed by atoms with E-state index in [1.54, 1.807) is 13.1 Å². The maximum Gasteiger partial charge on any atom is 0.419 e. The fourth-order valence-electron chi connectivity index (χ4n) is 3.44. The highest BCUT2D eigenvalue weighted by molar-refractivity contribution is 7.89. The molecule has 3 rings (SSSR count). The molecular formula is C22H28N2O4S. The predicted octanol–water partition coefficient (Wildman–Crippen LogP) is 4.01. The number of sulfonamides is 1. The Balaban J connectivity index is 1.90. The van der Waals surface area contributed by atoms with Crippen LogP contribution in [-0.4, -0.2) is 13.0 Å². The summed E-state index contributed by atoms with van der Waals surface area (Å²) in [4.78, 5) is 11.7. The number of hydrogen-bond acceptors (Lipinski definition) is 4. The number of aromatic nitrogens is 1. The zero-order valence-corrected chi connectivity index (χ0v) is 18.3. The van der Waals surface area contributed by atoms with Crippen molar-refractivity contribution in [1.29, 1.82) is 0 Å². The number of nitrogens with zero attached hydrogens (tertiary/aromatic N) is 1. The van der Waals surface area contributed by atoms with E-state index in [2.05, 4.69) is 30.7 Å². The van der Waals surface area contributed by atoms with Gasteiger partial charge in [-0.25, -0.2) is 17.9 Å². The van der Waals surface area contributed by atoms with Gasteiger partial charge in [0.1, 0.15) is 0 Å². The van der Waals surface area contributed by atoms with Crippen molar-refractivity contribution in [3.8, 4) is 0 Å². The molecule has 1 N–H and O–H groups in total. The first-order valence-corrected chi connectivity index (χ1v) is 11.3. The molecule has 1 aromatic heterocycles. The molecule has 0 saturated heterocycles. The molecule has 7 heteroatoms. The fraction of sp³-hybridized carbons (Fsp3) is 0.409. The van der Waals surface area contributed by atoms with E-state index in [4.69, 9.17) is 4.42 Å². The first kappa shape index (κ1) is 21.3. The van der Waals surface area contributed by atoms with Crippen molar-refractivity contribution in [3.63, 3.8) is 0 Å². The summed E-state index contributed by atoms with van der Waals surface area (Å²) in [6.45, 7) is 8.30. The van der Waals surface area contributed by atoms with Crippen molar-refractivity contribution in [2.45, 2.75) is 45.1 Å². The third-order valence-corrected chi connectivity index (χ3v) is 6.44. The molecule has 0 aliphatic heterocycles. The van der Waals surface area contributed by atoms with E-state index in [9.17, 15) is 13.2 Å². The van der Waals surface area contributed by atoms with Crippen molar-refractivity contribution < 1.29 is 12.8 Å². The molecular weight excluding hydrogens is 388 g/mol. The van der Waals surface area contributed by atoms with Gasteiger partial charge in [0.25, 0.3) is 0 Å². The van der Waals surface area contributed by atoms with Gasteiger partial charge < -0.3 is 4.42 Å². The molecule has 0 saturated carbocycles. The van der Waals surface area contributed by atoms with Crippen LogP contribution >= 0.6 is 0 Å². The van der Waals surface area contributed by atoms with Crippen LogP contribution in [-0.2, 0) is 23.5 Å². The Hall–Kier alpha value is -2.38. The number of benzene rings is 2. The normalized spacial score (nSPS) is 13.5. The average Bonchev–Trinajstić information content (AvgIpc) is 2.93. The molecule has 1 unspecified atom stereocenters. The number of aryl methyl sites for hydroxylation is 1. The number of hydrogen-bond donors (Lipinski definition) is 1. The van der Waals surface area contributed by atoms with Gasteiger partial charge in [-0.3, -0.25) is 4.57 Å². The van der Waals surface area contributed by atoms with Crippen molar-refractivity contribution in [3.05, 3.63) is 64.1 Å². The summed E-state index contributed by atoms with van der Waals surface area (Å²) in [7, 11) is -2.22. The quantitative estimate of drug-likeness (QED) is 0.631. The summed E-state index contributed by atoms with van der Waals surface area (Å²) >= 11 is 0. The molecule has 3 aromatic rings. The number of nitrogens with one attached hydrogen (secondary N) is 1. The Labute approximate surface area is 171 Å². The van der Waals surface area contributed by atoms with Gasteiger partial charge in [-0.1, -0.05) is 52.0 Å². The highest BCUT2D eigenvalue weighted by Crippen LogP contribution is 2.26. The van der Waals surface area contributed by atoms with Crippen LogP contribution in [0.25, 0.3) is 11.1 Å². The van der Waals surface area contributed by atoms with Crippen LogP contribution in [0.1, 0.15) is 44.9 Å². The van der Waals surface area contributed by atoms with E-state index in [0.717, 1.165) is 12.0 Å². The van der Waals surface area contributed by atoms with Gasteiger partial charge in [0, 0.05) is 19.2 Å². The second-order valence-corrected chi connectivity index (χ2v) is 9.95. The standard InChI is InChI=1S/C22H28N2O4S/c1-14(2)12-16-6-8-17(9-7-16)21(15(3)4)23-29(26,27)18-10-11-19-20(13-18)28-22(25)24(19)5/h6-11,13-15,21,23H,12H2,1-5H3. The van der Waals surface area contributed by atoms with Crippen LogP contribution in [0.2, 0.25) is 0 Å². The van der Waals surface area contributed by atoms with Crippen LogP contribution in [0.4, 0.5) is 0 Å². The van der Waals surface area contributed by atoms with Crippen molar-refractivity contribution in [2.24, 2.45) is 18.9 Å². The molecule has 1 atom stereocenters. The van der Waals surface area contributed by atoms with E-state index in [1.807, 2.05) is 26.0 Å². The first-order chi connectivity index (χ1) is 13.6. The molecule has 29 heavy (non-hydrogen) atoms. The Morgan fingerprint density at radius 1 is 1.03 bits per heavy atom. The zero-order chi connectivity index (χ0) is 21.3. The van der Waals surface area contributed by atoms with Gasteiger partial charge in [0.15, 0.2) is 5.58 Å². The molecule has 0 aliphatic carbocycles. The van der Waals surface area contributed by atoms with E-state index in [-0.39, 0.29) is 22.4 Å². The van der Waals surface area contributed by atoms with Crippen LogP contribution < -0.4 is 10.5 Å². The molecule has 0 radical (unpaired) electrons. The van der Waals surface area contributed by atoms with Crippen molar-refractivity contribution in [2.75, 3.05) is 0 Å². The summed E-state index contributed by atoms with van der Waals surface area (Å²) in [5, 5.41) is 0. The number of fused-ring (bicyclic) bond motifs is 1. The molecule has 156 valence electrons. The van der Waals surface area contributed by atoms with Crippen LogP contribution in [0, 0.1) is 11.8 Å². The lowest BCUT2D eigenvalue weighted by atomic mass is 9.94. The number of oxazole rings is 1. The van der Waals surface area contributed by atoms with E-state index in [1.165, 1.54) is 22.3 Å². The van der Waals surface area contributed by atoms with Gasteiger partial charge in [-0.2, -0.15) is 0 Å². The summed E-state index contributed by atoms with van der Waals surface area (Å²) < 4.78 is 35.4. The predicted molar refractivity (Wildman–Crippen MR) is 114 cm³/mol. The lowest BCUT2D eigenvalue weighted by Crippen LogP contribution is -2.31. The maximum absolute atomic E-state index is 13.0. The molecule has 6 nitrogen and oxygen atoms in total. The van der Waals surface area contributed by atoms with E-state index >= 15 is 0 Å². The Bertz CT molecular complexity index is 1160. The lowest BCUT2D eigenvalue weighted by molar-refractivity contribution is 0.463. The minimum absolute atomic E-state index is 0.0547. The highest BCUT2D eigenvalue weighted by Gasteiger charge is 2.25. The summed E-state index contributed by atoms with van der Waals surface area (Å²) in [6.07, 6.45) is 0.987. The summed E-state index contributed by atoms with van der Waals surface area (Å²) in [6, 6.07) is 12.2. The molecule has 2 aromatic carbocycles. The Morgan fingerprint density at radius 3 is 2.28 bits per heavy atom. The monoisotopic (exact) mass is 416 g/mol. The third-order valence-electron chi connectivity index (χ3n) is 5.01. The van der Waals surface area contributed by atoms with Gasteiger partial charge in [-0.05, 0) is 41.5 Å². The molecule has 0 amide bonds. The molecule has 0 fully saturated rings. The fourth-order valence-corrected chi connectivity index (χ4v) is 4.83. The average molecular weight is 417 g/mol. The zero-order valence-electron chi connectivity index (χ0n) is 17.5. The third kappa shape index (κ3) is 4.62. The van der Waals surface area contributed by atoms with Crippen LogP contribution in [0.3, 0.4) is 0 Å². The van der Waals surface area contributed by atoms with Crippen molar-refractivity contribution >= 4 is 21.1 Å². The van der Waals surface area contributed by atoms with Gasteiger partial charge >= 0.3 is 5.76 Å². The first-order valence-electron chi connectivity index (χ1n) is 9.79. The van der Waals surface area contributed by atoms with Crippen LogP contribution in [0.15, 0.2) is 56.6 Å². The topological polar surface area (TPSA) is 81.3 Å². The molecule has 0 aliphatic rings. The molecule has 1 heterocycles. The van der Waals surface area contributed by atoms with Crippen molar-refractivity contribution in [1.82, 2.24) is 9.29 Å². The second kappa shape index (κ2) is 8.16. The maximum atomic E-state index is 13.0. The number of rotatable bonds is 7. The smallest absolute Gasteiger partial charge is 0.408 e. The van der Waals surface area contributed by atoms with Gasteiger partial charge in [0.2, 0.25) is 10.0 Å². The van der Waals surface area contributed by atoms with E-state index in [0.29, 0.717) is 11.4 Å².